The van der Waals surface area contributed by atoms with Crippen molar-refractivity contribution < 1.29 is 9.53 Å². The molecule has 0 aliphatic carbocycles. The topological polar surface area (TPSA) is 26.3 Å². The second-order valence-corrected chi connectivity index (χ2v) is 12.9. The first-order valence-electron chi connectivity index (χ1n) is 19.0. The Morgan fingerprint density at radius 1 is 0.325 bits per heavy atom. The van der Waals surface area contributed by atoms with Gasteiger partial charge >= 0.3 is 5.97 Å². The zero-order chi connectivity index (χ0) is 29.0. The van der Waals surface area contributed by atoms with Gasteiger partial charge in [-0.3, -0.25) is 4.79 Å². The number of unbranched alkanes of at least 4 members (excludes halogenated alkanes) is 31. The summed E-state index contributed by atoms with van der Waals surface area (Å²) in [7, 11) is 0. The highest BCUT2D eigenvalue weighted by atomic mass is 16.5. The van der Waals surface area contributed by atoms with Crippen LogP contribution in [0.15, 0.2) is 0 Å². The van der Waals surface area contributed by atoms with Crippen molar-refractivity contribution in [3.8, 4) is 0 Å². The molecular weight excluding hydrogens is 488 g/mol. The zero-order valence-electron chi connectivity index (χ0n) is 28.1. The van der Waals surface area contributed by atoms with Crippen molar-refractivity contribution in [3.05, 3.63) is 0 Å². The molecule has 0 fully saturated rings. The maximum Gasteiger partial charge on any atom is 0.305 e. The van der Waals surface area contributed by atoms with E-state index in [-0.39, 0.29) is 5.97 Å². The molecule has 0 aliphatic rings. The summed E-state index contributed by atoms with van der Waals surface area (Å²) in [6.07, 6.45) is 46.4. The van der Waals surface area contributed by atoms with E-state index in [1.807, 2.05) is 0 Å². The lowest BCUT2D eigenvalue weighted by atomic mass is 10.0. The van der Waals surface area contributed by atoms with Crippen LogP contribution in [0, 0.1) is 0 Å². The van der Waals surface area contributed by atoms with E-state index in [1.54, 1.807) is 0 Å². The highest BCUT2D eigenvalue weighted by Gasteiger charge is 2.02. The standard InChI is InChI=1S/C38H76O2/c1-3-5-7-9-10-11-12-13-14-15-16-17-18-19-20-21-22-23-24-25-26-27-28-29-30-31-33-35-37-40-38(39)36-34-32-8-6-4-2/h3-37H2,1-2H3. The third kappa shape index (κ3) is 35.5. The van der Waals surface area contributed by atoms with Crippen LogP contribution in [0.5, 0.6) is 0 Å². The quantitative estimate of drug-likeness (QED) is 0.0565. The molecule has 0 N–H and O–H groups in total. The Morgan fingerprint density at radius 2 is 0.550 bits per heavy atom. The minimum absolute atomic E-state index is 0.0153. The van der Waals surface area contributed by atoms with Crippen molar-refractivity contribution in [2.24, 2.45) is 0 Å². The van der Waals surface area contributed by atoms with Crippen LogP contribution in [0.4, 0.5) is 0 Å². The molecule has 240 valence electrons. The first-order chi connectivity index (χ1) is 19.8. The number of hydrogen-bond acceptors (Lipinski definition) is 2. The highest BCUT2D eigenvalue weighted by molar-refractivity contribution is 5.69. The van der Waals surface area contributed by atoms with Crippen molar-refractivity contribution in [2.45, 2.75) is 232 Å². The van der Waals surface area contributed by atoms with Crippen LogP contribution in [-0.2, 0) is 9.53 Å². The Hall–Kier alpha value is -0.530. The van der Waals surface area contributed by atoms with Crippen LogP contribution in [0.2, 0.25) is 0 Å². The summed E-state index contributed by atoms with van der Waals surface area (Å²) in [4.78, 5) is 11.7. The predicted molar refractivity (Wildman–Crippen MR) is 179 cm³/mol. The van der Waals surface area contributed by atoms with Crippen LogP contribution in [-0.4, -0.2) is 12.6 Å². The SMILES string of the molecule is CCCCCCCCCCCCCCCCCCCCCCCCCCCCCCOC(=O)CCCCCCC. The average Bonchev–Trinajstić information content (AvgIpc) is 2.96. The molecule has 0 saturated heterocycles. The van der Waals surface area contributed by atoms with E-state index < -0.39 is 0 Å². The molecule has 40 heavy (non-hydrogen) atoms. The van der Waals surface area contributed by atoms with Crippen molar-refractivity contribution in [3.63, 3.8) is 0 Å². The number of ether oxygens (including phenoxy) is 1. The molecule has 0 aromatic heterocycles. The van der Waals surface area contributed by atoms with Gasteiger partial charge in [-0.2, -0.15) is 0 Å². The fourth-order valence-corrected chi connectivity index (χ4v) is 5.90. The van der Waals surface area contributed by atoms with Gasteiger partial charge in [-0.25, -0.2) is 0 Å². The van der Waals surface area contributed by atoms with Crippen LogP contribution < -0.4 is 0 Å². The lowest BCUT2D eigenvalue weighted by molar-refractivity contribution is -0.143. The number of hydrogen-bond donors (Lipinski definition) is 0. The van der Waals surface area contributed by atoms with Crippen molar-refractivity contribution in [2.75, 3.05) is 6.61 Å². The Kier molecular flexibility index (Phi) is 36.0. The lowest BCUT2D eigenvalue weighted by Gasteiger charge is -2.05. The van der Waals surface area contributed by atoms with E-state index in [0.717, 1.165) is 12.8 Å². The van der Waals surface area contributed by atoms with Gasteiger partial charge in [0.2, 0.25) is 0 Å². The van der Waals surface area contributed by atoms with Gasteiger partial charge in [0.1, 0.15) is 0 Å². The summed E-state index contributed by atoms with van der Waals surface area (Å²) >= 11 is 0. The van der Waals surface area contributed by atoms with Gasteiger partial charge in [0, 0.05) is 6.42 Å². The summed E-state index contributed by atoms with van der Waals surface area (Å²) in [5, 5.41) is 0. The minimum atomic E-state index is 0.0153. The van der Waals surface area contributed by atoms with Crippen LogP contribution >= 0.6 is 0 Å². The molecule has 0 aromatic carbocycles. The zero-order valence-corrected chi connectivity index (χ0v) is 28.1. The molecule has 0 unspecified atom stereocenters. The largest absolute Gasteiger partial charge is 0.466 e. The third-order valence-corrected chi connectivity index (χ3v) is 8.75. The van der Waals surface area contributed by atoms with Gasteiger partial charge in [-0.15, -0.1) is 0 Å². The molecular formula is C38H76O2. The molecule has 0 saturated carbocycles. The summed E-state index contributed by atoms with van der Waals surface area (Å²) < 4.78 is 5.37. The summed E-state index contributed by atoms with van der Waals surface area (Å²) in [5.41, 5.74) is 0. The van der Waals surface area contributed by atoms with E-state index in [4.69, 9.17) is 4.74 Å². The van der Waals surface area contributed by atoms with E-state index in [2.05, 4.69) is 13.8 Å². The molecule has 0 heterocycles. The van der Waals surface area contributed by atoms with Crippen molar-refractivity contribution in [1.82, 2.24) is 0 Å². The molecule has 0 amide bonds. The maximum absolute atomic E-state index is 11.7. The Bertz CT molecular complexity index is 460. The average molecular weight is 565 g/mol. The molecule has 0 spiro atoms. The maximum atomic E-state index is 11.7. The van der Waals surface area contributed by atoms with E-state index in [1.165, 1.54) is 199 Å². The van der Waals surface area contributed by atoms with Gasteiger partial charge in [0.15, 0.2) is 0 Å². The molecule has 2 nitrogen and oxygen atoms in total. The minimum Gasteiger partial charge on any atom is -0.466 e. The first-order valence-corrected chi connectivity index (χ1v) is 19.0. The van der Waals surface area contributed by atoms with Gasteiger partial charge in [-0.05, 0) is 12.8 Å². The fourth-order valence-electron chi connectivity index (χ4n) is 5.90. The molecule has 0 rings (SSSR count). The smallest absolute Gasteiger partial charge is 0.305 e. The number of carbonyl (C=O) groups excluding carboxylic acids is 1. The Morgan fingerprint density at radius 3 is 0.825 bits per heavy atom. The normalized spacial score (nSPS) is 11.3. The second-order valence-electron chi connectivity index (χ2n) is 12.9. The van der Waals surface area contributed by atoms with Crippen LogP contribution in [0.1, 0.15) is 232 Å². The van der Waals surface area contributed by atoms with Crippen LogP contribution in [0.25, 0.3) is 0 Å². The number of rotatable bonds is 35. The third-order valence-electron chi connectivity index (χ3n) is 8.75. The number of carbonyl (C=O) groups is 1. The predicted octanol–water partition coefficient (Wildman–Crippen LogP) is 13.8. The van der Waals surface area contributed by atoms with Gasteiger partial charge in [0.25, 0.3) is 0 Å². The fraction of sp³-hybridized carbons (Fsp3) is 0.974. The summed E-state index contributed by atoms with van der Waals surface area (Å²) in [6, 6.07) is 0. The van der Waals surface area contributed by atoms with E-state index in [0.29, 0.717) is 13.0 Å². The highest BCUT2D eigenvalue weighted by Crippen LogP contribution is 2.16. The van der Waals surface area contributed by atoms with E-state index >= 15 is 0 Å². The Labute approximate surface area is 254 Å². The summed E-state index contributed by atoms with van der Waals surface area (Å²) in [6.45, 7) is 5.16. The van der Waals surface area contributed by atoms with E-state index in [9.17, 15) is 4.79 Å². The monoisotopic (exact) mass is 565 g/mol. The molecule has 0 aromatic rings. The number of esters is 1. The molecule has 0 bridgehead atoms. The molecule has 2 heteroatoms. The summed E-state index contributed by atoms with van der Waals surface area (Å²) in [5.74, 6) is 0.0153. The molecule has 0 atom stereocenters. The van der Waals surface area contributed by atoms with Gasteiger partial charge in [0.05, 0.1) is 6.61 Å². The van der Waals surface area contributed by atoms with Crippen LogP contribution in [0.3, 0.4) is 0 Å². The Balaban J connectivity index is 3.08. The van der Waals surface area contributed by atoms with Gasteiger partial charge < -0.3 is 4.74 Å². The second kappa shape index (κ2) is 36.5. The lowest BCUT2D eigenvalue weighted by Crippen LogP contribution is -2.05. The molecule has 0 radical (unpaired) electrons. The first kappa shape index (κ1) is 39.5. The van der Waals surface area contributed by atoms with Crippen molar-refractivity contribution in [1.29, 1.82) is 0 Å². The van der Waals surface area contributed by atoms with Crippen molar-refractivity contribution >= 4 is 5.97 Å². The van der Waals surface area contributed by atoms with Gasteiger partial charge in [-0.1, -0.05) is 213 Å². The molecule has 0 aliphatic heterocycles.